The van der Waals surface area contributed by atoms with Gasteiger partial charge in [0.25, 0.3) is 0 Å². The van der Waals surface area contributed by atoms with Crippen molar-refractivity contribution < 1.29 is 14.7 Å². The maximum atomic E-state index is 8.95. The molecule has 1 aromatic heterocycles. The van der Waals surface area contributed by atoms with Gasteiger partial charge < -0.3 is 14.7 Å². The normalized spacial score (nSPS) is 13.2. The van der Waals surface area contributed by atoms with Crippen LogP contribution >= 0.6 is 11.8 Å². The van der Waals surface area contributed by atoms with Crippen LogP contribution in [0.2, 0.25) is 0 Å². The van der Waals surface area contributed by atoms with Gasteiger partial charge in [0.2, 0.25) is 6.39 Å². The zero-order valence-electron chi connectivity index (χ0n) is 6.38. The van der Waals surface area contributed by atoms with Crippen LogP contribution in [-0.2, 0) is 5.75 Å². The molecule has 0 fully saturated rings. The first kappa shape index (κ1) is 9.50. The number of rotatable bonds is 5. The third-order valence-electron chi connectivity index (χ3n) is 1.16. The molecular weight excluding hydrogens is 180 g/mol. The van der Waals surface area contributed by atoms with Gasteiger partial charge in [0.1, 0.15) is 0 Å². The molecule has 1 rings (SSSR count). The van der Waals surface area contributed by atoms with Gasteiger partial charge >= 0.3 is 0 Å². The lowest BCUT2D eigenvalue weighted by atomic mass is 10.4. The van der Waals surface area contributed by atoms with Crippen LogP contribution in [0.5, 0.6) is 0 Å². The predicted octanol–water partition coefficient (Wildman–Crippen LogP) is -0.344. The maximum Gasteiger partial charge on any atom is 0.213 e. The Bertz CT molecular complexity index is 205. The average Bonchev–Trinajstić information content (AvgIpc) is 2.57. The summed E-state index contributed by atoms with van der Waals surface area (Å²) < 4.78 is 4.51. The molecule has 0 amide bonds. The largest absolute Gasteiger partial charge is 0.394 e. The summed E-state index contributed by atoms with van der Waals surface area (Å²) in [4.78, 5) is 3.80. The molecule has 0 aliphatic carbocycles. The van der Waals surface area contributed by atoms with Crippen molar-refractivity contribution in [1.29, 1.82) is 0 Å². The molecule has 1 unspecified atom stereocenters. The third kappa shape index (κ3) is 3.21. The number of hydrogen-bond donors (Lipinski definition) is 2. The van der Waals surface area contributed by atoms with Gasteiger partial charge in [0.05, 0.1) is 18.5 Å². The molecule has 1 atom stereocenters. The molecular formula is C6H10N2O3S. The number of aliphatic hydroxyl groups excluding tert-OH is 2. The SMILES string of the molecule is OCC(O)CSCc1ncon1. The Morgan fingerprint density at radius 3 is 3.08 bits per heavy atom. The highest BCUT2D eigenvalue weighted by atomic mass is 32.2. The van der Waals surface area contributed by atoms with Crippen molar-refractivity contribution in [3.63, 3.8) is 0 Å². The number of aromatic nitrogens is 2. The number of thioether (sulfide) groups is 1. The van der Waals surface area contributed by atoms with Gasteiger partial charge in [-0.1, -0.05) is 5.16 Å². The van der Waals surface area contributed by atoms with E-state index in [-0.39, 0.29) is 6.61 Å². The standard InChI is InChI=1S/C6H10N2O3S/c9-1-5(10)2-12-3-6-7-4-11-8-6/h4-5,9-10H,1-3H2. The van der Waals surface area contributed by atoms with Crippen molar-refractivity contribution >= 4 is 11.8 Å². The maximum absolute atomic E-state index is 8.95. The Hall–Kier alpha value is -0.590. The van der Waals surface area contributed by atoms with Crippen molar-refractivity contribution in [2.45, 2.75) is 11.9 Å². The van der Waals surface area contributed by atoms with Crippen LogP contribution in [0.15, 0.2) is 10.9 Å². The Morgan fingerprint density at radius 1 is 1.67 bits per heavy atom. The van der Waals surface area contributed by atoms with E-state index in [9.17, 15) is 0 Å². The second-order valence-electron chi connectivity index (χ2n) is 2.20. The second-order valence-corrected chi connectivity index (χ2v) is 3.23. The smallest absolute Gasteiger partial charge is 0.213 e. The zero-order valence-corrected chi connectivity index (χ0v) is 7.20. The van der Waals surface area contributed by atoms with Crippen LogP contribution in [-0.4, -0.2) is 38.8 Å². The molecule has 2 N–H and O–H groups in total. The molecule has 5 nitrogen and oxygen atoms in total. The van der Waals surface area contributed by atoms with Gasteiger partial charge in [-0.05, 0) is 0 Å². The van der Waals surface area contributed by atoms with E-state index < -0.39 is 6.10 Å². The van der Waals surface area contributed by atoms with Crippen molar-refractivity contribution in [2.75, 3.05) is 12.4 Å². The lowest BCUT2D eigenvalue weighted by Crippen LogP contribution is -2.14. The summed E-state index contributed by atoms with van der Waals surface area (Å²) in [5.74, 6) is 1.67. The summed E-state index contributed by atoms with van der Waals surface area (Å²) in [6.45, 7) is -0.209. The molecule has 1 aromatic rings. The van der Waals surface area contributed by atoms with E-state index in [0.29, 0.717) is 17.3 Å². The molecule has 0 spiro atoms. The van der Waals surface area contributed by atoms with E-state index in [1.807, 2.05) is 0 Å². The van der Waals surface area contributed by atoms with E-state index >= 15 is 0 Å². The highest BCUT2D eigenvalue weighted by Gasteiger charge is 2.03. The quantitative estimate of drug-likeness (QED) is 0.661. The first-order chi connectivity index (χ1) is 5.83. The summed E-state index contributed by atoms with van der Waals surface area (Å²) >= 11 is 1.45. The van der Waals surface area contributed by atoms with Crippen molar-refractivity contribution in [1.82, 2.24) is 10.1 Å². The van der Waals surface area contributed by atoms with Crippen molar-refractivity contribution in [3.8, 4) is 0 Å². The summed E-state index contributed by atoms with van der Waals surface area (Å²) in [6.07, 6.45) is 0.597. The van der Waals surface area contributed by atoms with Crippen molar-refractivity contribution in [2.24, 2.45) is 0 Å². The first-order valence-corrected chi connectivity index (χ1v) is 4.60. The Morgan fingerprint density at radius 2 is 2.50 bits per heavy atom. The zero-order chi connectivity index (χ0) is 8.81. The summed E-state index contributed by atoms with van der Waals surface area (Å²) in [6, 6.07) is 0. The molecule has 6 heteroatoms. The van der Waals surface area contributed by atoms with E-state index in [0.717, 1.165) is 0 Å². The van der Waals surface area contributed by atoms with E-state index in [2.05, 4.69) is 14.7 Å². The summed E-state index contributed by atoms with van der Waals surface area (Å²) in [5, 5.41) is 21.0. The number of aliphatic hydroxyl groups is 2. The molecule has 0 aromatic carbocycles. The molecule has 0 bridgehead atoms. The minimum Gasteiger partial charge on any atom is -0.394 e. The monoisotopic (exact) mass is 190 g/mol. The predicted molar refractivity (Wildman–Crippen MR) is 43.6 cm³/mol. The summed E-state index contributed by atoms with van der Waals surface area (Å²) in [5.41, 5.74) is 0. The second kappa shape index (κ2) is 5.13. The molecule has 1 heterocycles. The van der Waals surface area contributed by atoms with Gasteiger partial charge in [0, 0.05) is 5.75 Å². The molecule has 0 aliphatic heterocycles. The van der Waals surface area contributed by atoms with Gasteiger partial charge in [0.15, 0.2) is 5.82 Å². The Kier molecular flexibility index (Phi) is 4.06. The van der Waals surface area contributed by atoms with Gasteiger partial charge in [-0.15, -0.1) is 0 Å². The van der Waals surface area contributed by atoms with Crippen LogP contribution in [0.4, 0.5) is 0 Å². The highest BCUT2D eigenvalue weighted by molar-refractivity contribution is 7.98. The van der Waals surface area contributed by atoms with E-state index in [4.69, 9.17) is 10.2 Å². The van der Waals surface area contributed by atoms with Crippen LogP contribution in [0.1, 0.15) is 5.82 Å². The topological polar surface area (TPSA) is 79.4 Å². The molecule has 68 valence electrons. The molecule has 0 saturated heterocycles. The highest BCUT2D eigenvalue weighted by Crippen LogP contribution is 2.08. The third-order valence-corrected chi connectivity index (χ3v) is 2.24. The lowest BCUT2D eigenvalue weighted by Gasteiger charge is -2.03. The van der Waals surface area contributed by atoms with Crippen LogP contribution in [0.25, 0.3) is 0 Å². The fourth-order valence-corrected chi connectivity index (χ4v) is 1.40. The van der Waals surface area contributed by atoms with Gasteiger partial charge in [-0.3, -0.25) is 0 Å². The van der Waals surface area contributed by atoms with Crippen molar-refractivity contribution in [3.05, 3.63) is 12.2 Å². The molecule has 0 radical (unpaired) electrons. The first-order valence-electron chi connectivity index (χ1n) is 3.45. The van der Waals surface area contributed by atoms with Gasteiger partial charge in [-0.25, -0.2) is 0 Å². The van der Waals surface area contributed by atoms with Crippen LogP contribution in [0, 0.1) is 0 Å². The number of hydrogen-bond acceptors (Lipinski definition) is 6. The lowest BCUT2D eigenvalue weighted by molar-refractivity contribution is 0.113. The molecule has 0 saturated carbocycles. The van der Waals surface area contributed by atoms with Crippen LogP contribution < -0.4 is 0 Å². The number of nitrogens with zero attached hydrogens (tertiary/aromatic N) is 2. The van der Waals surface area contributed by atoms with Gasteiger partial charge in [-0.2, -0.15) is 16.7 Å². The fourth-order valence-electron chi connectivity index (χ4n) is 0.595. The fraction of sp³-hybridized carbons (Fsp3) is 0.667. The average molecular weight is 190 g/mol. The summed E-state index contributed by atoms with van der Waals surface area (Å²) in [7, 11) is 0. The van der Waals surface area contributed by atoms with Crippen LogP contribution in [0.3, 0.4) is 0 Å². The van der Waals surface area contributed by atoms with E-state index in [1.54, 1.807) is 0 Å². The minimum absolute atomic E-state index is 0.209. The van der Waals surface area contributed by atoms with E-state index in [1.165, 1.54) is 18.2 Å². The Labute approximate surface area is 73.8 Å². The molecule has 0 aliphatic rings. The Balaban J connectivity index is 2.11. The minimum atomic E-state index is -0.665. The molecule has 12 heavy (non-hydrogen) atoms.